The molecule has 15 heteroatoms. The summed E-state index contributed by atoms with van der Waals surface area (Å²) in [5.74, 6) is -2.26. The van der Waals surface area contributed by atoms with E-state index in [0.29, 0.717) is 12.0 Å². The molecule has 1 unspecified atom stereocenters. The molecule has 15 nitrogen and oxygen atoms in total. The maximum Gasteiger partial charge on any atom is 0.343 e. The van der Waals surface area contributed by atoms with Crippen molar-refractivity contribution >= 4 is 5.97 Å². The quantitative estimate of drug-likeness (QED) is 0.157. The fourth-order valence-electron chi connectivity index (χ4n) is 5.35. The molecule has 0 spiro atoms. The van der Waals surface area contributed by atoms with Gasteiger partial charge in [0.2, 0.25) is 0 Å². The maximum atomic E-state index is 12.7. The lowest BCUT2D eigenvalue weighted by Crippen LogP contribution is -2.54. The van der Waals surface area contributed by atoms with E-state index in [1.54, 1.807) is 13.0 Å². The minimum absolute atomic E-state index is 0.0123. The number of aryl methyl sites for hydroxylation is 1. The molecule has 2 saturated heterocycles. The Kier molecular flexibility index (Phi) is 11.8. The zero-order valence-corrected chi connectivity index (χ0v) is 25.8. The Morgan fingerprint density at radius 1 is 0.913 bits per heavy atom. The van der Waals surface area contributed by atoms with Gasteiger partial charge >= 0.3 is 5.97 Å². The van der Waals surface area contributed by atoms with Crippen LogP contribution in [0.3, 0.4) is 0 Å². The Morgan fingerprint density at radius 2 is 1.52 bits per heavy atom. The molecule has 4 rings (SSSR count). The summed E-state index contributed by atoms with van der Waals surface area (Å²) in [6, 6.07) is 5.86. The third kappa shape index (κ3) is 7.88. The van der Waals surface area contributed by atoms with Gasteiger partial charge in [0.1, 0.15) is 53.7 Å². The summed E-state index contributed by atoms with van der Waals surface area (Å²) < 4.78 is 33.9. The van der Waals surface area contributed by atoms with Gasteiger partial charge in [-0.1, -0.05) is 13.8 Å². The van der Waals surface area contributed by atoms with Crippen LogP contribution in [-0.4, -0.2) is 116 Å². The van der Waals surface area contributed by atoms with E-state index in [2.05, 4.69) is 0 Å². The number of carboxylic acid groups (broad SMARTS) is 1. The molecule has 2 aromatic carbocycles. The van der Waals surface area contributed by atoms with Gasteiger partial charge in [0, 0.05) is 11.1 Å². The topological polar surface area (TPSA) is 234 Å². The summed E-state index contributed by atoms with van der Waals surface area (Å²) in [5.41, 5.74) is 0.721. The van der Waals surface area contributed by atoms with E-state index in [4.69, 9.17) is 28.4 Å². The first-order valence-corrected chi connectivity index (χ1v) is 14.8. The van der Waals surface area contributed by atoms with Gasteiger partial charge in [-0.2, -0.15) is 0 Å². The molecule has 0 amide bonds. The van der Waals surface area contributed by atoms with Crippen LogP contribution in [0.5, 0.6) is 23.0 Å². The first-order chi connectivity index (χ1) is 21.7. The molecular formula is C31H42O15. The number of methoxy groups -OCH3 is 1. The number of carbonyl (C=O) groups is 1. The van der Waals surface area contributed by atoms with Gasteiger partial charge in [-0.25, -0.2) is 4.79 Å². The third-order valence-electron chi connectivity index (χ3n) is 7.71. The van der Waals surface area contributed by atoms with Crippen molar-refractivity contribution in [2.24, 2.45) is 5.92 Å². The molecule has 2 fully saturated rings. The van der Waals surface area contributed by atoms with Crippen molar-refractivity contribution in [2.45, 2.75) is 89.1 Å². The molecule has 0 aromatic heterocycles. The second kappa shape index (κ2) is 15.2. The van der Waals surface area contributed by atoms with Crippen molar-refractivity contribution in [3.05, 3.63) is 46.5 Å². The first kappa shape index (κ1) is 35.8. The Morgan fingerprint density at radius 3 is 2.11 bits per heavy atom. The van der Waals surface area contributed by atoms with Crippen LogP contribution in [0, 0.1) is 12.8 Å². The van der Waals surface area contributed by atoms with E-state index in [-0.39, 0.29) is 59.9 Å². The molecule has 0 radical (unpaired) electrons. The van der Waals surface area contributed by atoms with E-state index in [1.807, 2.05) is 13.8 Å². The number of phenols is 1. The highest BCUT2D eigenvalue weighted by atomic mass is 16.7. The minimum atomic E-state index is -1.58. The monoisotopic (exact) mass is 654 g/mol. The number of aromatic carboxylic acids is 1. The third-order valence-corrected chi connectivity index (χ3v) is 7.71. The van der Waals surface area contributed by atoms with Crippen molar-refractivity contribution < 1.29 is 74.1 Å². The molecule has 256 valence electrons. The van der Waals surface area contributed by atoms with Crippen LogP contribution >= 0.6 is 0 Å². The lowest BCUT2D eigenvalue weighted by Gasteiger charge is -2.37. The van der Waals surface area contributed by atoms with Crippen LogP contribution in [-0.2, 0) is 25.6 Å². The predicted octanol–water partition coefficient (Wildman–Crippen LogP) is 0.698. The van der Waals surface area contributed by atoms with Gasteiger partial charge in [-0.15, -0.1) is 0 Å². The summed E-state index contributed by atoms with van der Waals surface area (Å²) >= 11 is 0. The largest absolute Gasteiger partial charge is 0.504 e. The van der Waals surface area contributed by atoms with Gasteiger partial charge in [-0.3, -0.25) is 0 Å². The number of phenolic OH excluding ortho intramolecular Hbond substituents is 1. The lowest BCUT2D eigenvalue weighted by atomic mass is 9.95. The van der Waals surface area contributed by atoms with Gasteiger partial charge in [-0.05, 0) is 49.1 Å². The van der Waals surface area contributed by atoms with E-state index in [9.17, 15) is 45.6 Å². The highest BCUT2D eigenvalue weighted by molar-refractivity contribution is 5.95. The van der Waals surface area contributed by atoms with Crippen LogP contribution in [0.4, 0.5) is 0 Å². The van der Waals surface area contributed by atoms with Gasteiger partial charge < -0.3 is 69.3 Å². The molecule has 2 aromatic rings. The SMILES string of the molecule is COc1c(C(CC(C)C)O[C@@H]2OC[C@@H](O)[C@H](O)[C@H]2O)ccc(Oc2c(O)cc(C)cc2CO[C@@H]2OC[C@@H](O)[C@H](O)[C@H]2O)c1C(=O)O. The van der Waals surface area contributed by atoms with Crippen molar-refractivity contribution in [2.75, 3.05) is 20.3 Å². The number of aliphatic hydroxyl groups is 6. The Bertz CT molecular complexity index is 1350. The van der Waals surface area contributed by atoms with Crippen molar-refractivity contribution in [1.29, 1.82) is 0 Å². The summed E-state index contributed by atoms with van der Waals surface area (Å²) in [7, 11) is 1.26. The Balaban J connectivity index is 1.67. The zero-order valence-electron chi connectivity index (χ0n) is 25.8. The van der Waals surface area contributed by atoms with E-state index >= 15 is 0 Å². The summed E-state index contributed by atoms with van der Waals surface area (Å²) in [6.07, 6.45) is -12.0. The number of hydrogen-bond acceptors (Lipinski definition) is 14. The van der Waals surface area contributed by atoms with Crippen molar-refractivity contribution in [3.8, 4) is 23.0 Å². The number of ether oxygens (including phenoxy) is 6. The molecule has 2 heterocycles. The normalized spacial score (nSPS) is 29.0. The second-order valence-corrected chi connectivity index (χ2v) is 11.8. The summed E-state index contributed by atoms with van der Waals surface area (Å²) in [5, 5.41) is 81.5. The van der Waals surface area contributed by atoms with E-state index in [1.165, 1.54) is 25.3 Å². The molecule has 2 aliphatic rings. The first-order valence-electron chi connectivity index (χ1n) is 14.8. The van der Waals surface area contributed by atoms with E-state index in [0.717, 1.165) is 0 Å². The van der Waals surface area contributed by atoms with Crippen LogP contribution in [0.25, 0.3) is 0 Å². The average Bonchev–Trinajstić information content (AvgIpc) is 3.00. The average molecular weight is 655 g/mol. The predicted molar refractivity (Wildman–Crippen MR) is 156 cm³/mol. The maximum absolute atomic E-state index is 12.7. The Hall–Kier alpha value is -3.09. The smallest absolute Gasteiger partial charge is 0.343 e. The molecule has 46 heavy (non-hydrogen) atoms. The van der Waals surface area contributed by atoms with Gasteiger partial charge in [0.05, 0.1) is 33.0 Å². The van der Waals surface area contributed by atoms with Crippen molar-refractivity contribution in [3.63, 3.8) is 0 Å². The second-order valence-electron chi connectivity index (χ2n) is 11.8. The molecule has 8 N–H and O–H groups in total. The fourth-order valence-corrected chi connectivity index (χ4v) is 5.35. The van der Waals surface area contributed by atoms with Crippen LogP contribution in [0.15, 0.2) is 24.3 Å². The van der Waals surface area contributed by atoms with Crippen LogP contribution in [0.1, 0.15) is 53.4 Å². The number of aromatic hydroxyl groups is 1. The molecule has 0 aliphatic carbocycles. The van der Waals surface area contributed by atoms with Gasteiger partial charge in [0.25, 0.3) is 0 Å². The molecule has 9 atom stereocenters. The lowest BCUT2D eigenvalue weighted by molar-refractivity contribution is -0.285. The summed E-state index contributed by atoms with van der Waals surface area (Å²) in [6.45, 7) is 4.62. The Labute approximate surface area is 265 Å². The fraction of sp³-hybridized carbons (Fsp3) is 0.581. The molecule has 0 bridgehead atoms. The molecule has 2 aliphatic heterocycles. The standard InChI is InChI=1S/C31H42O15/c1-13(2)7-21(46-31-26(38)24(36)19(34)12-44-31)16-5-6-20(22(29(39)40)28(16)41-4)45-27-15(8-14(3)9-17(27)32)10-42-30-25(37)23(35)18(33)11-43-30/h5-6,8-9,13,18-19,21,23-26,30-38H,7,10-12H2,1-4H3,(H,39,40)/t18-,19-,21?,23+,24+,25-,26-,30-,31+/m1/s1. The highest BCUT2D eigenvalue weighted by Crippen LogP contribution is 2.44. The summed E-state index contributed by atoms with van der Waals surface area (Å²) in [4.78, 5) is 12.7. The van der Waals surface area contributed by atoms with Gasteiger partial charge in [0.15, 0.2) is 24.1 Å². The zero-order chi connectivity index (χ0) is 33.9. The number of hydrogen-bond donors (Lipinski definition) is 8. The number of rotatable bonds is 12. The molecular weight excluding hydrogens is 612 g/mol. The van der Waals surface area contributed by atoms with Crippen molar-refractivity contribution in [1.82, 2.24) is 0 Å². The minimum Gasteiger partial charge on any atom is -0.504 e. The van der Waals surface area contributed by atoms with Crippen LogP contribution < -0.4 is 9.47 Å². The van der Waals surface area contributed by atoms with E-state index < -0.39 is 66.8 Å². The molecule has 0 saturated carbocycles. The number of carboxylic acids is 1. The number of aliphatic hydroxyl groups excluding tert-OH is 6. The number of benzene rings is 2. The highest BCUT2D eigenvalue weighted by Gasteiger charge is 2.41. The van der Waals surface area contributed by atoms with Crippen LogP contribution in [0.2, 0.25) is 0 Å².